The second kappa shape index (κ2) is 3.06. The maximum Gasteiger partial charge on any atom is 0.216 e. The molecule has 0 atom stereocenters. The minimum Gasteiger partial charge on any atom is -0.399 e. The first kappa shape index (κ1) is 8.43. The van der Waals surface area contributed by atoms with Gasteiger partial charge in [0.1, 0.15) is 0 Å². The maximum atomic E-state index is 5.63. The van der Waals surface area contributed by atoms with Crippen molar-refractivity contribution in [3.8, 4) is 11.4 Å². The minimum atomic E-state index is 0.754. The van der Waals surface area contributed by atoms with Gasteiger partial charge in [-0.15, -0.1) is 21.5 Å². The monoisotopic (exact) mass is 216 g/mol. The lowest BCUT2D eigenvalue weighted by Crippen LogP contribution is -1.87. The summed E-state index contributed by atoms with van der Waals surface area (Å²) >= 11 is 1.57. The second-order valence-electron chi connectivity index (χ2n) is 3.20. The number of benzene rings is 1. The molecule has 2 N–H and O–H groups in total. The van der Waals surface area contributed by atoms with E-state index >= 15 is 0 Å². The Hall–Kier alpha value is -1.88. The molecule has 0 radical (unpaired) electrons. The van der Waals surface area contributed by atoms with Crippen LogP contribution in [0.3, 0.4) is 0 Å². The second-order valence-corrected chi connectivity index (χ2v) is 4.07. The summed E-state index contributed by atoms with van der Waals surface area (Å²) in [6.07, 6.45) is 1.96. The van der Waals surface area contributed by atoms with Crippen LogP contribution < -0.4 is 5.73 Å². The molecule has 0 spiro atoms. The van der Waals surface area contributed by atoms with Crippen LogP contribution in [0, 0.1) is 0 Å². The summed E-state index contributed by atoms with van der Waals surface area (Å²) in [5.74, 6) is 0.853. The first-order valence-corrected chi connectivity index (χ1v) is 5.37. The largest absolute Gasteiger partial charge is 0.399 e. The average Bonchev–Trinajstić information content (AvgIpc) is 2.80. The summed E-state index contributed by atoms with van der Waals surface area (Å²) in [6, 6.07) is 7.62. The van der Waals surface area contributed by atoms with Crippen molar-refractivity contribution in [2.45, 2.75) is 0 Å². The molecule has 4 nitrogen and oxygen atoms in total. The van der Waals surface area contributed by atoms with Gasteiger partial charge in [-0.1, -0.05) is 0 Å². The van der Waals surface area contributed by atoms with Crippen molar-refractivity contribution in [1.82, 2.24) is 14.6 Å². The Morgan fingerprint density at radius 3 is 2.73 bits per heavy atom. The highest BCUT2D eigenvalue weighted by molar-refractivity contribution is 7.15. The fraction of sp³-hybridized carbons (Fsp3) is 0. The molecule has 0 saturated heterocycles. The number of anilines is 1. The number of hydrogen-bond acceptors (Lipinski definition) is 4. The third-order valence-electron chi connectivity index (χ3n) is 2.22. The quantitative estimate of drug-likeness (QED) is 0.633. The highest BCUT2D eigenvalue weighted by atomic mass is 32.1. The predicted octanol–water partition coefficient (Wildman–Crippen LogP) is 2.04. The van der Waals surface area contributed by atoms with Gasteiger partial charge in [-0.05, 0) is 24.3 Å². The summed E-state index contributed by atoms with van der Waals surface area (Å²) in [5.41, 5.74) is 7.41. The molecular formula is C10H8N4S. The number of nitrogens with zero attached hydrogens (tertiary/aromatic N) is 3. The normalized spacial score (nSPS) is 10.9. The van der Waals surface area contributed by atoms with Crippen LogP contribution in [0.5, 0.6) is 0 Å². The first-order valence-electron chi connectivity index (χ1n) is 4.49. The van der Waals surface area contributed by atoms with E-state index in [1.54, 1.807) is 11.3 Å². The Kier molecular flexibility index (Phi) is 1.72. The maximum absolute atomic E-state index is 5.63. The number of nitrogens with two attached hydrogens (primary N) is 1. The molecule has 0 aliphatic rings. The highest BCUT2D eigenvalue weighted by Crippen LogP contribution is 2.21. The van der Waals surface area contributed by atoms with Gasteiger partial charge in [0.15, 0.2) is 5.82 Å². The molecule has 0 fully saturated rings. The zero-order valence-corrected chi connectivity index (χ0v) is 8.61. The van der Waals surface area contributed by atoms with Crippen LogP contribution in [0.2, 0.25) is 0 Å². The van der Waals surface area contributed by atoms with Gasteiger partial charge in [-0.25, -0.2) is 0 Å². The van der Waals surface area contributed by atoms with Crippen molar-refractivity contribution >= 4 is 22.0 Å². The van der Waals surface area contributed by atoms with Gasteiger partial charge >= 0.3 is 0 Å². The van der Waals surface area contributed by atoms with E-state index < -0.39 is 0 Å². The van der Waals surface area contributed by atoms with E-state index in [9.17, 15) is 0 Å². The molecule has 74 valence electrons. The SMILES string of the molecule is Nc1ccc(-c2nnc3sccn23)cc1. The van der Waals surface area contributed by atoms with Crippen LogP contribution in [0.25, 0.3) is 16.3 Å². The highest BCUT2D eigenvalue weighted by Gasteiger charge is 2.07. The van der Waals surface area contributed by atoms with Gasteiger partial charge in [-0.3, -0.25) is 4.40 Å². The Balaban J connectivity index is 2.21. The summed E-state index contributed by atoms with van der Waals surface area (Å²) < 4.78 is 1.97. The van der Waals surface area contributed by atoms with Crippen molar-refractivity contribution in [3.63, 3.8) is 0 Å². The summed E-state index contributed by atoms with van der Waals surface area (Å²) in [6.45, 7) is 0. The smallest absolute Gasteiger partial charge is 0.216 e. The van der Waals surface area contributed by atoms with Crippen molar-refractivity contribution in [1.29, 1.82) is 0 Å². The van der Waals surface area contributed by atoms with Crippen LogP contribution in [-0.2, 0) is 0 Å². The molecule has 0 aliphatic heterocycles. The number of aromatic nitrogens is 3. The molecule has 3 rings (SSSR count). The van der Waals surface area contributed by atoms with E-state index in [1.807, 2.05) is 40.2 Å². The fourth-order valence-electron chi connectivity index (χ4n) is 1.47. The molecule has 0 unspecified atom stereocenters. The molecule has 0 amide bonds. The van der Waals surface area contributed by atoms with E-state index in [0.29, 0.717) is 0 Å². The number of hydrogen-bond donors (Lipinski definition) is 1. The Labute approximate surface area is 90.0 Å². The lowest BCUT2D eigenvalue weighted by molar-refractivity contribution is 1.11. The van der Waals surface area contributed by atoms with Crippen LogP contribution in [0.4, 0.5) is 5.69 Å². The molecule has 1 aromatic carbocycles. The van der Waals surface area contributed by atoms with E-state index in [4.69, 9.17) is 5.73 Å². The van der Waals surface area contributed by atoms with Crippen LogP contribution in [0.1, 0.15) is 0 Å². The van der Waals surface area contributed by atoms with Gasteiger partial charge < -0.3 is 5.73 Å². The Bertz CT molecular complexity index is 593. The van der Waals surface area contributed by atoms with Gasteiger partial charge in [-0.2, -0.15) is 0 Å². The summed E-state index contributed by atoms with van der Waals surface area (Å²) in [7, 11) is 0. The molecule has 0 saturated carbocycles. The topological polar surface area (TPSA) is 56.2 Å². The van der Waals surface area contributed by atoms with Crippen molar-refractivity contribution in [2.24, 2.45) is 0 Å². The lowest BCUT2D eigenvalue weighted by Gasteiger charge is -1.97. The minimum absolute atomic E-state index is 0.754. The first-order chi connectivity index (χ1) is 7.34. The number of fused-ring (bicyclic) bond motifs is 1. The summed E-state index contributed by atoms with van der Waals surface area (Å²) in [5, 5.41) is 10.2. The third-order valence-corrected chi connectivity index (χ3v) is 2.96. The summed E-state index contributed by atoms with van der Waals surface area (Å²) in [4.78, 5) is 0.904. The van der Waals surface area contributed by atoms with Gasteiger partial charge in [0.05, 0.1) is 0 Å². The van der Waals surface area contributed by atoms with Gasteiger partial charge in [0.25, 0.3) is 0 Å². The third kappa shape index (κ3) is 1.28. The van der Waals surface area contributed by atoms with Crippen LogP contribution in [-0.4, -0.2) is 14.6 Å². The van der Waals surface area contributed by atoms with Crippen LogP contribution >= 0.6 is 11.3 Å². The Morgan fingerprint density at radius 1 is 1.13 bits per heavy atom. The Morgan fingerprint density at radius 2 is 1.93 bits per heavy atom. The molecule has 2 aromatic heterocycles. The van der Waals surface area contributed by atoms with Gasteiger partial charge in [0, 0.05) is 22.8 Å². The van der Waals surface area contributed by atoms with E-state index in [2.05, 4.69) is 10.2 Å². The van der Waals surface area contributed by atoms with E-state index in [1.165, 1.54) is 0 Å². The van der Waals surface area contributed by atoms with E-state index in [-0.39, 0.29) is 0 Å². The van der Waals surface area contributed by atoms with E-state index in [0.717, 1.165) is 22.0 Å². The van der Waals surface area contributed by atoms with Crippen LogP contribution in [0.15, 0.2) is 35.8 Å². The molecule has 0 aliphatic carbocycles. The molecule has 5 heteroatoms. The molecule has 3 aromatic rings. The van der Waals surface area contributed by atoms with Crippen molar-refractivity contribution in [2.75, 3.05) is 5.73 Å². The number of thiazole rings is 1. The molecule has 0 bridgehead atoms. The predicted molar refractivity (Wildman–Crippen MR) is 60.7 cm³/mol. The van der Waals surface area contributed by atoms with Crippen molar-refractivity contribution < 1.29 is 0 Å². The zero-order valence-electron chi connectivity index (χ0n) is 7.79. The van der Waals surface area contributed by atoms with Gasteiger partial charge in [0.2, 0.25) is 4.96 Å². The molecular weight excluding hydrogens is 208 g/mol. The average molecular weight is 216 g/mol. The lowest BCUT2D eigenvalue weighted by atomic mass is 10.2. The molecule has 15 heavy (non-hydrogen) atoms. The number of rotatable bonds is 1. The zero-order chi connectivity index (χ0) is 10.3. The number of nitrogen functional groups attached to an aromatic ring is 1. The standard InChI is InChI=1S/C10H8N4S/c11-8-3-1-7(2-4-8)9-12-13-10-14(9)5-6-15-10/h1-6H,11H2. The fourth-order valence-corrected chi connectivity index (χ4v) is 2.13. The molecule has 2 heterocycles. The van der Waals surface area contributed by atoms with Crippen molar-refractivity contribution in [3.05, 3.63) is 35.8 Å².